The first kappa shape index (κ1) is 25.0. The largest absolute Gasteiger partial charge is 0.488 e. The molecule has 150 valence electrons. The number of hydrogen-bond acceptors (Lipinski definition) is 3. The van der Waals surface area contributed by atoms with Gasteiger partial charge in [0.1, 0.15) is 11.4 Å². The molecule has 0 aliphatic heterocycles. The number of nitrogens with zero attached hydrogens (tertiary/aromatic N) is 2. The van der Waals surface area contributed by atoms with E-state index in [0.29, 0.717) is 6.54 Å². The minimum Gasteiger partial charge on any atom is -0.488 e. The van der Waals surface area contributed by atoms with E-state index in [1.165, 1.54) is 0 Å². The highest BCUT2D eigenvalue weighted by Crippen LogP contribution is 2.23. The molecule has 0 aromatic heterocycles. The second-order valence-electron chi connectivity index (χ2n) is 8.08. The fourth-order valence-corrected chi connectivity index (χ4v) is 2.03. The molecule has 0 saturated heterocycles. The van der Waals surface area contributed by atoms with Crippen molar-refractivity contribution < 1.29 is 4.74 Å². The predicted octanol–water partition coefficient (Wildman–Crippen LogP) is 3.88. The smallest absolute Gasteiger partial charge is 0.191 e. The summed E-state index contributed by atoms with van der Waals surface area (Å²) in [7, 11) is 4.18. The van der Waals surface area contributed by atoms with Gasteiger partial charge in [-0.2, -0.15) is 0 Å². The number of hydrogen-bond donors (Lipinski definition) is 2. The Labute approximate surface area is 177 Å². The van der Waals surface area contributed by atoms with Crippen LogP contribution in [0.1, 0.15) is 47.1 Å². The number of likely N-dealkylation sites (N-methyl/N-ethyl adjacent to an activating group) is 1. The van der Waals surface area contributed by atoms with Gasteiger partial charge in [-0.15, -0.1) is 24.0 Å². The Balaban J connectivity index is 0.00000625. The Hall–Kier alpha value is -1.02. The molecular weight excluding hydrogens is 439 g/mol. The summed E-state index contributed by atoms with van der Waals surface area (Å²) in [5, 5.41) is 6.75. The van der Waals surface area contributed by atoms with E-state index < -0.39 is 0 Å². The van der Waals surface area contributed by atoms with Gasteiger partial charge in [-0.25, -0.2) is 4.99 Å². The minimum absolute atomic E-state index is 0. The fraction of sp³-hybridized carbons (Fsp3) is 0.650. The zero-order valence-corrected chi connectivity index (χ0v) is 20.0. The van der Waals surface area contributed by atoms with Crippen molar-refractivity contribution in [3.8, 4) is 5.75 Å². The normalized spacial score (nSPS) is 12.6. The molecule has 0 fully saturated rings. The van der Waals surface area contributed by atoms with E-state index in [9.17, 15) is 0 Å². The molecule has 1 aromatic carbocycles. The van der Waals surface area contributed by atoms with Crippen LogP contribution < -0.4 is 15.4 Å². The average molecular weight is 476 g/mol. The Kier molecular flexibility index (Phi) is 10.5. The highest BCUT2D eigenvalue weighted by molar-refractivity contribution is 14.0. The van der Waals surface area contributed by atoms with E-state index in [2.05, 4.69) is 77.2 Å². The van der Waals surface area contributed by atoms with E-state index in [1.54, 1.807) is 0 Å². The van der Waals surface area contributed by atoms with E-state index >= 15 is 0 Å². The SMILES string of the molecule is CCNC(=NCc1ccccc1OC(C)(C)C)NCC(C)(C)N(C)C.I. The number of guanidine groups is 1. The fourth-order valence-electron chi connectivity index (χ4n) is 2.03. The van der Waals surface area contributed by atoms with E-state index in [4.69, 9.17) is 9.73 Å². The summed E-state index contributed by atoms with van der Waals surface area (Å²) in [6.07, 6.45) is 0. The third-order valence-corrected chi connectivity index (χ3v) is 4.04. The Morgan fingerprint density at radius 1 is 1.08 bits per heavy atom. The van der Waals surface area contributed by atoms with E-state index in [0.717, 1.165) is 30.4 Å². The van der Waals surface area contributed by atoms with Crippen LogP contribution in [-0.4, -0.2) is 49.2 Å². The first-order chi connectivity index (χ1) is 11.5. The van der Waals surface area contributed by atoms with Crippen molar-refractivity contribution in [2.45, 2.75) is 59.2 Å². The topological polar surface area (TPSA) is 48.9 Å². The van der Waals surface area contributed by atoms with Gasteiger partial charge in [0.05, 0.1) is 6.54 Å². The molecule has 0 spiro atoms. The summed E-state index contributed by atoms with van der Waals surface area (Å²) in [4.78, 5) is 6.94. The van der Waals surface area contributed by atoms with Crippen molar-refractivity contribution in [2.24, 2.45) is 4.99 Å². The summed E-state index contributed by atoms with van der Waals surface area (Å²) in [6.45, 7) is 14.9. The summed E-state index contributed by atoms with van der Waals surface area (Å²) in [6, 6.07) is 8.09. The van der Waals surface area contributed by atoms with Gasteiger partial charge in [-0.1, -0.05) is 18.2 Å². The molecule has 0 radical (unpaired) electrons. The molecule has 2 N–H and O–H groups in total. The molecule has 0 heterocycles. The number of aliphatic imine (C=N–C) groups is 1. The highest BCUT2D eigenvalue weighted by atomic mass is 127. The van der Waals surface area contributed by atoms with Gasteiger partial charge in [-0.05, 0) is 61.7 Å². The lowest BCUT2D eigenvalue weighted by Crippen LogP contribution is -2.50. The van der Waals surface area contributed by atoms with Crippen LogP contribution in [0, 0.1) is 0 Å². The molecule has 0 bridgehead atoms. The van der Waals surface area contributed by atoms with Crippen molar-refractivity contribution >= 4 is 29.9 Å². The van der Waals surface area contributed by atoms with Gasteiger partial charge in [0.2, 0.25) is 0 Å². The third kappa shape index (κ3) is 9.07. The number of halogens is 1. The Morgan fingerprint density at radius 3 is 2.23 bits per heavy atom. The molecule has 1 rings (SSSR count). The van der Waals surface area contributed by atoms with Crippen LogP contribution in [0.3, 0.4) is 0 Å². The molecule has 26 heavy (non-hydrogen) atoms. The molecular formula is C20H37IN4O. The minimum atomic E-state index is -0.224. The third-order valence-electron chi connectivity index (χ3n) is 4.04. The molecule has 0 amide bonds. The maximum absolute atomic E-state index is 6.05. The number of rotatable bonds is 7. The second kappa shape index (κ2) is 11.0. The van der Waals surface area contributed by atoms with Crippen molar-refractivity contribution in [2.75, 3.05) is 27.2 Å². The monoisotopic (exact) mass is 476 g/mol. The quantitative estimate of drug-likeness (QED) is 0.356. The summed E-state index contributed by atoms with van der Waals surface area (Å²) in [5.41, 5.74) is 0.906. The molecule has 0 aliphatic rings. The molecule has 5 nitrogen and oxygen atoms in total. The van der Waals surface area contributed by atoms with Crippen LogP contribution in [-0.2, 0) is 6.54 Å². The van der Waals surface area contributed by atoms with Crippen molar-refractivity contribution in [3.63, 3.8) is 0 Å². The Morgan fingerprint density at radius 2 is 1.69 bits per heavy atom. The maximum atomic E-state index is 6.05. The molecule has 1 aromatic rings. The summed E-state index contributed by atoms with van der Waals surface area (Å²) < 4.78 is 6.05. The molecule has 0 unspecified atom stereocenters. The summed E-state index contributed by atoms with van der Waals surface area (Å²) in [5.74, 6) is 1.71. The van der Waals surface area contributed by atoms with Crippen LogP contribution in [0.5, 0.6) is 5.75 Å². The van der Waals surface area contributed by atoms with Gasteiger partial charge in [0.25, 0.3) is 0 Å². The van der Waals surface area contributed by atoms with Gasteiger partial charge in [0, 0.05) is 24.2 Å². The van der Waals surface area contributed by atoms with Crippen LogP contribution in [0.2, 0.25) is 0 Å². The molecule has 0 atom stereocenters. The van der Waals surface area contributed by atoms with E-state index in [-0.39, 0.29) is 35.1 Å². The van der Waals surface area contributed by atoms with Gasteiger partial charge < -0.3 is 20.3 Å². The van der Waals surface area contributed by atoms with Crippen molar-refractivity contribution in [3.05, 3.63) is 29.8 Å². The lowest BCUT2D eigenvalue weighted by molar-refractivity contribution is 0.129. The second-order valence-corrected chi connectivity index (χ2v) is 8.08. The maximum Gasteiger partial charge on any atom is 0.191 e. The molecule has 6 heteroatoms. The van der Waals surface area contributed by atoms with E-state index in [1.807, 2.05) is 18.2 Å². The summed E-state index contributed by atoms with van der Waals surface area (Å²) >= 11 is 0. The highest BCUT2D eigenvalue weighted by Gasteiger charge is 2.20. The lowest BCUT2D eigenvalue weighted by atomic mass is 10.0. The predicted molar refractivity (Wildman–Crippen MR) is 123 cm³/mol. The number of benzene rings is 1. The lowest BCUT2D eigenvalue weighted by Gasteiger charge is -2.33. The van der Waals surface area contributed by atoms with Crippen LogP contribution in [0.25, 0.3) is 0 Å². The number of para-hydroxylation sites is 1. The first-order valence-corrected chi connectivity index (χ1v) is 9.01. The zero-order chi connectivity index (χ0) is 19.1. The van der Waals surface area contributed by atoms with Gasteiger partial charge in [-0.3, -0.25) is 0 Å². The van der Waals surface area contributed by atoms with Crippen molar-refractivity contribution in [1.82, 2.24) is 15.5 Å². The van der Waals surface area contributed by atoms with Gasteiger partial charge in [0.15, 0.2) is 5.96 Å². The first-order valence-electron chi connectivity index (χ1n) is 9.01. The number of ether oxygens (including phenoxy) is 1. The molecule has 0 saturated carbocycles. The van der Waals surface area contributed by atoms with Crippen LogP contribution in [0.4, 0.5) is 0 Å². The number of nitrogens with one attached hydrogen (secondary N) is 2. The van der Waals surface area contributed by atoms with Crippen molar-refractivity contribution in [1.29, 1.82) is 0 Å². The average Bonchev–Trinajstić information content (AvgIpc) is 2.49. The molecule has 0 aliphatic carbocycles. The van der Waals surface area contributed by atoms with Gasteiger partial charge >= 0.3 is 0 Å². The van der Waals surface area contributed by atoms with Crippen LogP contribution in [0.15, 0.2) is 29.3 Å². The zero-order valence-electron chi connectivity index (χ0n) is 17.6. The standard InChI is InChI=1S/C20H36N4O.HI/c1-9-21-18(23-15-20(5,6)24(7)8)22-14-16-12-10-11-13-17(16)25-19(2,3)4;/h10-13H,9,14-15H2,1-8H3,(H2,21,22,23);1H. The Bertz CT molecular complexity index is 565. The van der Waals surface area contributed by atoms with Crippen LogP contribution >= 0.6 is 24.0 Å².